The molecule has 2 rings (SSSR count). The Morgan fingerprint density at radius 2 is 1.62 bits per heavy atom. The number of ether oxygens (including phenoxy) is 1. The Morgan fingerprint density at radius 3 is 2.25 bits per heavy atom. The van der Waals surface area contributed by atoms with E-state index in [4.69, 9.17) is 27.9 Å². The summed E-state index contributed by atoms with van der Waals surface area (Å²) in [5.41, 5.74) is 2.22. The number of rotatable bonds is 7. The molecule has 0 aliphatic carbocycles. The molecule has 0 fully saturated rings. The molecule has 0 radical (unpaired) electrons. The fraction of sp³-hybridized carbons (Fsp3) is 0.368. The van der Waals surface area contributed by atoms with Crippen molar-refractivity contribution in [2.45, 2.75) is 45.9 Å². The van der Waals surface area contributed by atoms with Crippen molar-refractivity contribution in [2.24, 2.45) is 0 Å². The number of hydrogen-bond donors (Lipinski definition) is 1. The molecule has 0 aliphatic heterocycles. The van der Waals surface area contributed by atoms with Crippen molar-refractivity contribution < 1.29 is 4.74 Å². The molecule has 0 saturated heterocycles. The zero-order chi connectivity index (χ0) is 16.9. The minimum absolute atomic E-state index is 0. The van der Waals surface area contributed by atoms with Crippen LogP contribution in [0.25, 0.3) is 0 Å². The van der Waals surface area contributed by atoms with Gasteiger partial charge in [0.25, 0.3) is 0 Å². The summed E-state index contributed by atoms with van der Waals surface area (Å²) in [6, 6.07) is 13.4. The molecular weight excluding hydrogens is 365 g/mol. The van der Waals surface area contributed by atoms with E-state index in [1.165, 1.54) is 0 Å². The van der Waals surface area contributed by atoms with E-state index in [0.717, 1.165) is 39.9 Å². The molecule has 2 aromatic carbocycles. The minimum atomic E-state index is 0. The molecule has 132 valence electrons. The van der Waals surface area contributed by atoms with Crippen LogP contribution in [-0.4, -0.2) is 5.54 Å². The van der Waals surface area contributed by atoms with E-state index < -0.39 is 0 Å². The highest BCUT2D eigenvalue weighted by Crippen LogP contribution is 2.25. The maximum absolute atomic E-state index is 6.14. The summed E-state index contributed by atoms with van der Waals surface area (Å²) in [6.07, 6.45) is 1.05. The third kappa shape index (κ3) is 6.52. The van der Waals surface area contributed by atoms with Gasteiger partial charge < -0.3 is 10.1 Å². The van der Waals surface area contributed by atoms with Crippen LogP contribution in [0.3, 0.4) is 0 Å². The highest BCUT2D eigenvalue weighted by Gasteiger charge is 2.15. The van der Waals surface area contributed by atoms with Crippen LogP contribution in [0, 0.1) is 0 Å². The van der Waals surface area contributed by atoms with Gasteiger partial charge in [-0.1, -0.05) is 42.3 Å². The molecule has 0 aliphatic rings. The van der Waals surface area contributed by atoms with E-state index in [-0.39, 0.29) is 17.9 Å². The Balaban J connectivity index is 0.00000288. The molecule has 2 aromatic rings. The lowest BCUT2D eigenvalue weighted by Crippen LogP contribution is -2.37. The standard InChI is InChI=1S/C19H23Cl2NO.ClH/c1-4-19(2,3)22-12-15-11-17(21)9-10-18(15)23-13-14-5-7-16(20)8-6-14;/h5-11,22H,4,12-13H2,1-3H3;1H. The molecule has 0 heterocycles. The summed E-state index contributed by atoms with van der Waals surface area (Å²) in [5, 5.41) is 4.99. The smallest absolute Gasteiger partial charge is 0.124 e. The summed E-state index contributed by atoms with van der Waals surface area (Å²) in [5.74, 6) is 0.851. The zero-order valence-corrected chi connectivity index (χ0v) is 16.6. The van der Waals surface area contributed by atoms with E-state index >= 15 is 0 Å². The topological polar surface area (TPSA) is 21.3 Å². The molecule has 0 bridgehead atoms. The van der Waals surface area contributed by atoms with Crippen LogP contribution < -0.4 is 10.1 Å². The molecule has 0 saturated carbocycles. The molecule has 2 nitrogen and oxygen atoms in total. The molecule has 0 spiro atoms. The molecular formula is C19H24Cl3NO. The van der Waals surface area contributed by atoms with Crippen LogP contribution in [0.15, 0.2) is 42.5 Å². The number of nitrogens with one attached hydrogen (secondary N) is 1. The Hall–Kier alpha value is -0.930. The maximum Gasteiger partial charge on any atom is 0.124 e. The molecule has 0 amide bonds. The molecule has 0 atom stereocenters. The lowest BCUT2D eigenvalue weighted by molar-refractivity contribution is 0.298. The summed E-state index contributed by atoms with van der Waals surface area (Å²) in [6.45, 7) is 7.76. The van der Waals surface area contributed by atoms with Gasteiger partial charge in [-0.25, -0.2) is 0 Å². The van der Waals surface area contributed by atoms with Gasteiger partial charge in [0.05, 0.1) is 0 Å². The first-order chi connectivity index (χ1) is 10.9. The van der Waals surface area contributed by atoms with Gasteiger partial charge >= 0.3 is 0 Å². The predicted octanol–water partition coefficient (Wildman–Crippen LogP) is 6.27. The van der Waals surface area contributed by atoms with Gasteiger partial charge in [0, 0.05) is 27.7 Å². The van der Waals surface area contributed by atoms with Crippen molar-refractivity contribution in [3.05, 3.63) is 63.6 Å². The van der Waals surface area contributed by atoms with Crippen molar-refractivity contribution in [2.75, 3.05) is 0 Å². The van der Waals surface area contributed by atoms with Gasteiger partial charge in [0.15, 0.2) is 0 Å². The van der Waals surface area contributed by atoms with Crippen LogP contribution in [-0.2, 0) is 13.2 Å². The van der Waals surface area contributed by atoms with Gasteiger partial charge in [0.1, 0.15) is 12.4 Å². The second kappa shape index (κ2) is 9.53. The van der Waals surface area contributed by atoms with Crippen LogP contribution in [0.2, 0.25) is 10.0 Å². The second-order valence-electron chi connectivity index (χ2n) is 6.26. The molecule has 0 aromatic heterocycles. The Morgan fingerprint density at radius 1 is 1.00 bits per heavy atom. The van der Waals surface area contributed by atoms with Gasteiger partial charge in [-0.15, -0.1) is 12.4 Å². The molecule has 24 heavy (non-hydrogen) atoms. The number of hydrogen-bond acceptors (Lipinski definition) is 2. The summed E-state index contributed by atoms with van der Waals surface area (Å²) in [7, 11) is 0. The Labute approximate surface area is 160 Å². The number of halogens is 3. The molecule has 5 heteroatoms. The fourth-order valence-corrected chi connectivity index (χ4v) is 2.35. The molecule has 0 unspecified atom stereocenters. The van der Waals surface area contributed by atoms with Crippen molar-refractivity contribution >= 4 is 35.6 Å². The minimum Gasteiger partial charge on any atom is -0.489 e. The van der Waals surface area contributed by atoms with E-state index in [1.54, 1.807) is 0 Å². The SMILES string of the molecule is CCC(C)(C)NCc1cc(Cl)ccc1OCc1ccc(Cl)cc1.Cl. The first-order valence-electron chi connectivity index (χ1n) is 7.80. The first kappa shape index (κ1) is 21.1. The van der Waals surface area contributed by atoms with Crippen molar-refractivity contribution in [3.8, 4) is 5.75 Å². The van der Waals surface area contributed by atoms with Gasteiger partial charge in [-0.05, 0) is 56.2 Å². The van der Waals surface area contributed by atoms with Crippen molar-refractivity contribution in [3.63, 3.8) is 0 Å². The van der Waals surface area contributed by atoms with E-state index in [9.17, 15) is 0 Å². The number of benzene rings is 2. The van der Waals surface area contributed by atoms with Crippen LogP contribution in [0.5, 0.6) is 5.75 Å². The van der Waals surface area contributed by atoms with Gasteiger partial charge in [-0.3, -0.25) is 0 Å². The fourth-order valence-electron chi connectivity index (χ4n) is 2.03. The van der Waals surface area contributed by atoms with Gasteiger partial charge in [0.2, 0.25) is 0 Å². The first-order valence-corrected chi connectivity index (χ1v) is 8.56. The summed E-state index contributed by atoms with van der Waals surface area (Å²) >= 11 is 12.0. The second-order valence-corrected chi connectivity index (χ2v) is 7.13. The predicted molar refractivity (Wildman–Crippen MR) is 106 cm³/mol. The largest absolute Gasteiger partial charge is 0.489 e. The Kier molecular flexibility index (Phi) is 8.38. The highest BCUT2D eigenvalue weighted by atomic mass is 35.5. The van der Waals surface area contributed by atoms with Crippen molar-refractivity contribution in [1.82, 2.24) is 5.32 Å². The summed E-state index contributed by atoms with van der Waals surface area (Å²) < 4.78 is 5.98. The normalized spacial score (nSPS) is 11.0. The van der Waals surface area contributed by atoms with Crippen molar-refractivity contribution in [1.29, 1.82) is 0 Å². The van der Waals surface area contributed by atoms with E-state index in [1.807, 2.05) is 42.5 Å². The van der Waals surface area contributed by atoms with E-state index in [0.29, 0.717) is 6.61 Å². The summed E-state index contributed by atoms with van der Waals surface area (Å²) in [4.78, 5) is 0. The monoisotopic (exact) mass is 387 g/mol. The average Bonchev–Trinajstić information content (AvgIpc) is 2.53. The third-order valence-electron chi connectivity index (χ3n) is 3.97. The van der Waals surface area contributed by atoms with Crippen LogP contribution in [0.4, 0.5) is 0 Å². The third-order valence-corrected chi connectivity index (χ3v) is 4.46. The Bertz CT molecular complexity index is 642. The van der Waals surface area contributed by atoms with Crippen LogP contribution in [0.1, 0.15) is 38.3 Å². The van der Waals surface area contributed by atoms with E-state index in [2.05, 4.69) is 26.1 Å². The van der Waals surface area contributed by atoms with Crippen LogP contribution >= 0.6 is 35.6 Å². The highest BCUT2D eigenvalue weighted by molar-refractivity contribution is 6.30. The zero-order valence-electron chi connectivity index (χ0n) is 14.2. The van der Waals surface area contributed by atoms with Gasteiger partial charge in [-0.2, -0.15) is 0 Å². The lowest BCUT2D eigenvalue weighted by Gasteiger charge is -2.25. The quantitative estimate of drug-likeness (QED) is 0.603. The lowest BCUT2D eigenvalue weighted by atomic mass is 10.0. The maximum atomic E-state index is 6.14. The average molecular weight is 389 g/mol. The molecule has 1 N–H and O–H groups in total.